The summed E-state index contributed by atoms with van der Waals surface area (Å²) in [4.78, 5) is 143. The molecule has 2 fully saturated rings. The number of nitrogens with zero attached hydrogens (tertiary/aromatic N) is 12. The number of nitrogens with two attached hydrogens (primary N) is 1. The Bertz CT molecular complexity index is 6180. The van der Waals surface area contributed by atoms with Crippen molar-refractivity contribution >= 4 is 104 Å². The Hall–Kier alpha value is -15.0. The molecule has 4 heterocycles. The topological polar surface area (TPSA) is 475 Å². The molecule has 6 N–H and O–H groups in total. The highest BCUT2D eigenvalue weighted by Gasteiger charge is 2.32. The van der Waals surface area contributed by atoms with Crippen LogP contribution in [0.25, 0.3) is 89.6 Å². The van der Waals surface area contributed by atoms with E-state index in [1.165, 1.54) is 0 Å². The quantitative estimate of drug-likeness (QED) is 0.0117. The minimum atomic E-state index is -1.20. The fraction of sp³-hybridized carbons (Fsp3) is 0.353. The van der Waals surface area contributed by atoms with Gasteiger partial charge in [0.15, 0.2) is 34.8 Å². The Morgan fingerprint density at radius 2 is 0.874 bits per heavy atom. The third kappa shape index (κ3) is 29.5. The van der Waals surface area contributed by atoms with E-state index in [0.29, 0.717) is 109 Å². The lowest BCUT2D eigenvalue weighted by atomic mass is 9.85. The van der Waals surface area contributed by atoms with Crippen molar-refractivity contribution in [1.29, 1.82) is 0 Å². The monoisotopic (exact) mass is 1830 g/mol. The number of carbonyl (C=O) groups excluding carboxylic acids is 11. The first-order valence-corrected chi connectivity index (χ1v) is 44.7. The van der Waals surface area contributed by atoms with Crippen LogP contribution >= 0.6 is 0 Å². The molecule has 33 nitrogen and oxygen atoms in total. The normalized spacial score (nSPS) is 13.8. The van der Waals surface area contributed by atoms with Crippen LogP contribution in [-0.2, 0) is 61.0 Å². The van der Waals surface area contributed by atoms with E-state index in [2.05, 4.69) is 56.7 Å². The maximum absolute atomic E-state index is 13.0. The SMILES string of the molecule is CC(=O)CCCCCC(N)C(=O)NCc1ccc(-c2nnc(C)nn2)cc1.CC(=O)CCCCCC(NC(=O)CC1CCC(=O)C(=O)C1)C(=O)NCc1ccc(-c2nnc(C)nn2)cc1.CN(C)c1ccc2c(-c3ccccc3C(=O)[O-])c3ccc(=[N+](C)C)cc-3oc2c1.CN(C)c1ccc2c(-c3ccccc3C(=O)[O-])c3ccc(=[N+](C)C)cc-3oc2c1.O=C(O)CC1CCC(=O)C(=O)C1. The number of hydrogen-bond donors (Lipinski definition) is 5. The third-order valence-corrected chi connectivity index (χ3v) is 22.9. The summed E-state index contributed by atoms with van der Waals surface area (Å²) in [5.74, 6) is -2.38. The van der Waals surface area contributed by atoms with E-state index in [1.807, 2.05) is 221 Å². The number of carbonyl (C=O) groups is 12. The molecule has 135 heavy (non-hydrogen) atoms. The van der Waals surface area contributed by atoms with Crippen LogP contribution in [-0.4, -0.2) is 185 Å². The Morgan fingerprint density at radius 3 is 1.26 bits per heavy atom. The summed E-state index contributed by atoms with van der Waals surface area (Å²) in [5.41, 5.74) is 17.6. The number of carboxylic acids is 3. The molecule has 0 saturated heterocycles. The van der Waals surface area contributed by atoms with E-state index in [9.17, 15) is 67.7 Å². The molecule has 2 aromatic heterocycles. The maximum atomic E-state index is 13.0. The molecule has 6 aliphatic rings. The number of carboxylic acid groups (broad SMARTS) is 3. The van der Waals surface area contributed by atoms with Gasteiger partial charge in [0, 0.05) is 184 Å². The number of aromatic carboxylic acids is 2. The standard InChI is InChI=1S/C27H34N6O5.2C24H22N2O3.C19H26N6O2.C8H10O4/c1-17(34)6-4-3-5-7-22(29-25(37)15-20-10-13-23(35)24(36)14-20)27(38)28-16-19-8-11-21(12-9-19)26-32-30-18(2)31-33-26;2*1-25(2)15-9-11-19-21(13-15)29-22-14-16(26(3)4)10-12-20(22)23(19)17-7-5-6-8-18(17)24(27)28;1-13(26)6-4-3-5-7-17(20)19(27)21-12-15-8-10-16(11-9-15)18-24-22-14(2)23-25-18;9-6-2-1-5(3-7(6)10)4-8(11)12/h8-9,11-12,20,22H,3-7,10,13-16H2,1-2H3,(H,28,38)(H,29,37);2*5-14H,1-4H3;8-11,17H,3-7,12,20H2,1-2H3,(H,21,27);5H,1-4H2,(H,11,12). The number of fused-ring (bicyclic) bond motifs is 4. The van der Waals surface area contributed by atoms with Crippen molar-refractivity contribution in [3.05, 3.63) is 214 Å². The number of aliphatic carboxylic acids is 1. The van der Waals surface area contributed by atoms with Crippen LogP contribution in [0, 0.1) is 25.7 Å². The van der Waals surface area contributed by atoms with Gasteiger partial charge in [-0.15, -0.1) is 40.8 Å². The third-order valence-electron chi connectivity index (χ3n) is 22.9. The fourth-order valence-corrected chi connectivity index (χ4v) is 15.4. The molecule has 8 aromatic rings. The Balaban J connectivity index is 0.000000180. The van der Waals surface area contributed by atoms with Crippen molar-refractivity contribution in [2.45, 2.75) is 168 Å². The van der Waals surface area contributed by atoms with Gasteiger partial charge in [0.05, 0.1) is 30.1 Å². The number of benzene rings is 8. The molecule has 2 saturated carbocycles. The predicted molar refractivity (Wildman–Crippen MR) is 506 cm³/mol. The molecule has 4 unspecified atom stereocenters. The van der Waals surface area contributed by atoms with Crippen LogP contribution < -0.4 is 61.6 Å². The zero-order valence-corrected chi connectivity index (χ0v) is 78.0. The maximum Gasteiger partial charge on any atom is 0.303 e. The van der Waals surface area contributed by atoms with Crippen molar-refractivity contribution in [3.63, 3.8) is 0 Å². The molecule has 704 valence electrons. The lowest BCUT2D eigenvalue weighted by molar-refractivity contribution is -0.256. The van der Waals surface area contributed by atoms with Gasteiger partial charge in [0.25, 0.3) is 0 Å². The van der Waals surface area contributed by atoms with Crippen molar-refractivity contribution in [3.8, 4) is 67.7 Å². The van der Waals surface area contributed by atoms with E-state index < -0.39 is 41.6 Å². The minimum absolute atomic E-state index is 0.000972. The minimum Gasteiger partial charge on any atom is -0.545 e. The average Bonchev–Trinajstić information content (AvgIpc) is 0.749. The van der Waals surface area contributed by atoms with Gasteiger partial charge >= 0.3 is 5.97 Å². The number of Topliss-reactive ketones (excluding diaryl/α,β-unsaturated/α-hetero) is 6. The Morgan fingerprint density at radius 1 is 0.474 bits per heavy atom. The Labute approximate surface area is 781 Å². The van der Waals surface area contributed by atoms with Crippen LogP contribution in [0.1, 0.15) is 173 Å². The van der Waals surface area contributed by atoms with Crippen molar-refractivity contribution in [2.24, 2.45) is 17.6 Å². The number of hydrogen-bond acceptors (Lipinski definition) is 27. The molecule has 3 amide bonds. The Kier molecular flexibility index (Phi) is 37.0. The van der Waals surface area contributed by atoms with Crippen molar-refractivity contribution in [1.82, 2.24) is 65.9 Å². The highest BCUT2D eigenvalue weighted by molar-refractivity contribution is 6.38. The fourth-order valence-electron chi connectivity index (χ4n) is 15.4. The molecule has 4 atom stereocenters. The number of amides is 3. The molecular formula is C102H114N16O17. The second-order valence-corrected chi connectivity index (χ2v) is 34.3. The average molecular weight is 1840 g/mol. The van der Waals surface area contributed by atoms with Crippen LogP contribution in [0.15, 0.2) is 179 Å². The number of anilines is 2. The second-order valence-electron chi connectivity index (χ2n) is 34.3. The lowest BCUT2D eigenvalue weighted by Crippen LogP contribution is -2.47. The predicted octanol–water partition coefficient (Wildman–Crippen LogP) is 9.67. The zero-order valence-electron chi connectivity index (χ0n) is 78.0. The number of unbranched alkanes of at least 4 members (excludes halogenated alkanes) is 4. The second kappa shape index (κ2) is 48.9. The molecule has 0 spiro atoms. The summed E-state index contributed by atoms with van der Waals surface area (Å²) in [6.07, 6.45) is 8.63. The van der Waals surface area contributed by atoms with Gasteiger partial charge in [-0.05, 0) is 137 Å². The summed E-state index contributed by atoms with van der Waals surface area (Å²) in [6.45, 7) is 7.24. The highest BCUT2D eigenvalue weighted by Crippen LogP contribution is 2.44. The van der Waals surface area contributed by atoms with Gasteiger partial charge in [-0.1, -0.05) is 123 Å². The van der Waals surface area contributed by atoms with Crippen molar-refractivity contribution in [2.75, 3.05) is 66.2 Å². The van der Waals surface area contributed by atoms with E-state index in [0.717, 1.165) is 109 Å². The molecule has 6 aromatic carbocycles. The smallest absolute Gasteiger partial charge is 0.303 e. The largest absolute Gasteiger partial charge is 0.545 e. The molecule has 33 heteroatoms. The molecule has 4 aliphatic carbocycles. The van der Waals surface area contributed by atoms with Gasteiger partial charge in [-0.3, -0.25) is 38.4 Å². The molecule has 0 radical (unpaired) electrons. The lowest BCUT2D eigenvalue weighted by Gasteiger charge is -2.22. The first-order valence-electron chi connectivity index (χ1n) is 44.7. The summed E-state index contributed by atoms with van der Waals surface area (Å²) in [7, 11) is 15.8. The van der Waals surface area contributed by atoms with Crippen LogP contribution in [0.5, 0.6) is 0 Å². The summed E-state index contributed by atoms with van der Waals surface area (Å²) in [5, 5.41) is 75.9. The van der Waals surface area contributed by atoms with Gasteiger partial charge < -0.3 is 74.8 Å². The van der Waals surface area contributed by atoms with Gasteiger partial charge in [0.2, 0.25) is 40.1 Å². The van der Waals surface area contributed by atoms with Crippen LogP contribution in [0.2, 0.25) is 0 Å². The van der Waals surface area contributed by atoms with Gasteiger partial charge in [0.1, 0.15) is 68.5 Å². The highest BCUT2D eigenvalue weighted by atomic mass is 16.4. The first kappa shape index (κ1) is 102. The van der Waals surface area contributed by atoms with Crippen LogP contribution in [0.4, 0.5) is 11.4 Å². The zero-order chi connectivity index (χ0) is 97.7. The molecule has 14 rings (SSSR count). The number of aromatic nitrogens is 8. The molecule has 2 aliphatic heterocycles. The van der Waals surface area contributed by atoms with Crippen LogP contribution in [0.3, 0.4) is 0 Å². The number of nitrogens with one attached hydrogen (secondary N) is 3. The summed E-state index contributed by atoms with van der Waals surface area (Å²) in [6, 6.07) is 51.3. The van der Waals surface area contributed by atoms with Crippen molar-refractivity contribution < 1.29 is 81.7 Å². The van der Waals surface area contributed by atoms with E-state index in [4.69, 9.17) is 19.7 Å². The van der Waals surface area contributed by atoms with E-state index >= 15 is 0 Å². The van der Waals surface area contributed by atoms with Gasteiger partial charge in [-0.2, -0.15) is 0 Å². The van der Waals surface area contributed by atoms with E-state index in [-0.39, 0.29) is 109 Å². The first-order chi connectivity index (χ1) is 64.5. The summed E-state index contributed by atoms with van der Waals surface area (Å²) < 4.78 is 16.6. The van der Waals surface area contributed by atoms with E-state index in [1.54, 1.807) is 52.0 Å². The molecular weight excluding hydrogens is 1720 g/mol. The molecule has 0 bridgehead atoms. The number of ketones is 6. The van der Waals surface area contributed by atoms with Gasteiger partial charge in [-0.25, -0.2) is 9.15 Å². The summed E-state index contributed by atoms with van der Waals surface area (Å²) >= 11 is 0. The number of rotatable bonds is 31. The number of aryl methyl sites for hydroxylation is 2.